The number of likely N-dealkylation sites (tertiary alicyclic amines) is 1. The number of fused-ring (bicyclic) bond motifs is 5. The van der Waals surface area contributed by atoms with E-state index in [1.807, 2.05) is 18.2 Å². The third-order valence-corrected chi connectivity index (χ3v) is 7.90. The summed E-state index contributed by atoms with van der Waals surface area (Å²) in [6.07, 6.45) is 3.96. The lowest BCUT2D eigenvalue weighted by Gasteiger charge is -2.34. The van der Waals surface area contributed by atoms with Crippen LogP contribution in [0.25, 0.3) is 0 Å². The van der Waals surface area contributed by atoms with E-state index in [4.69, 9.17) is 9.47 Å². The minimum atomic E-state index is -0.584. The first-order chi connectivity index (χ1) is 16.9. The highest BCUT2D eigenvalue weighted by molar-refractivity contribution is 5.97. The Morgan fingerprint density at radius 2 is 1.97 bits per heavy atom. The maximum atomic E-state index is 13.3. The monoisotopic (exact) mass is 485 g/mol. The fourth-order valence-electron chi connectivity index (χ4n) is 5.55. The molecule has 4 bridgehead atoms. The van der Waals surface area contributed by atoms with Gasteiger partial charge in [-0.25, -0.2) is 0 Å². The van der Waals surface area contributed by atoms with Gasteiger partial charge in [0.25, 0.3) is 5.91 Å². The van der Waals surface area contributed by atoms with Gasteiger partial charge >= 0.3 is 0 Å². The van der Waals surface area contributed by atoms with E-state index in [0.717, 1.165) is 18.5 Å². The van der Waals surface area contributed by atoms with E-state index in [9.17, 15) is 14.7 Å². The van der Waals surface area contributed by atoms with Gasteiger partial charge < -0.3 is 25.2 Å². The normalized spacial score (nSPS) is 32.5. The molecule has 1 saturated carbocycles. The molecule has 3 fully saturated rings. The van der Waals surface area contributed by atoms with Gasteiger partial charge in [-0.1, -0.05) is 19.9 Å². The highest BCUT2D eigenvalue weighted by atomic mass is 16.5. The van der Waals surface area contributed by atoms with Gasteiger partial charge in [-0.2, -0.15) is 0 Å². The Morgan fingerprint density at radius 1 is 1.14 bits per heavy atom. The second kappa shape index (κ2) is 10.4. The van der Waals surface area contributed by atoms with Gasteiger partial charge in [0.15, 0.2) is 0 Å². The minimum Gasteiger partial charge on any atom is -0.493 e. The second-order valence-electron chi connectivity index (χ2n) is 11.1. The average Bonchev–Trinajstić information content (AvgIpc) is 3.56. The van der Waals surface area contributed by atoms with Gasteiger partial charge in [0.1, 0.15) is 11.9 Å². The van der Waals surface area contributed by atoms with Crippen LogP contribution in [0.15, 0.2) is 18.2 Å². The Labute approximate surface area is 207 Å². The molecule has 192 valence electrons. The van der Waals surface area contributed by atoms with Crippen molar-refractivity contribution in [1.82, 2.24) is 15.5 Å². The van der Waals surface area contributed by atoms with Crippen molar-refractivity contribution in [2.75, 3.05) is 26.2 Å². The zero-order valence-electron chi connectivity index (χ0n) is 20.9. The molecule has 5 atom stereocenters. The number of rotatable bonds is 3. The second-order valence-corrected chi connectivity index (χ2v) is 11.1. The molecule has 4 aliphatic rings. The fourth-order valence-corrected chi connectivity index (χ4v) is 5.55. The van der Waals surface area contributed by atoms with Crippen molar-refractivity contribution in [3.8, 4) is 5.75 Å². The lowest BCUT2D eigenvalue weighted by atomic mass is 9.99. The zero-order valence-corrected chi connectivity index (χ0v) is 20.9. The van der Waals surface area contributed by atoms with Crippen molar-refractivity contribution in [3.05, 3.63) is 29.3 Å². The molecule has 3 heterocycles. The molecule has 35 heavy (non-hydrogen) atoms. The van der Waals surface area contributed by atoms with Crippen LogP contribution in [0.3, 0.4) is 0 Å². The number of hydrogen-bond donors (Lipinski definition) is 3. The van der Waals surface area contributed by atoms with Gasteiger partial charge in [0.05, 0.1) is 30.4 Å². The number of hydrogen-bond acceptors (Lipinski definition) is 6. The summed E-state index contributed by atoms with van der Waals surface area (Å²) in [6.45, 7) is 6.50. The van der Waals surface area contributed by atoms with Gasteiger partial charge in [-0.15, -0.1) is 0 Å². The summed E-state index contributed by atoms with van der Waals surface area (Å²) in [7, 11) is 0. The van der Waals surface area contributed by atoms with E-state index in [1.54, 1.807) is 0 Å². The quantitative estimate of drug-likeness (QED) is 0.607. The molecule has 1 aromatic rings. The molecule has 0 unspecified atom stereocenters. The maximum absolute atomic E-state index is 13.3. The van der Waals surface area contributed by atoms with Crippen molar-refractivity contribution < 1.29 is 24.2 Å². The number of ether oxygens (including phenoxy) is 2. The summed E-state index contributed by atoms with van der Waals surface area (Å²) in [4.78, 5) is 28.8. The molecule has 1 aromatic carbocycles. The number of aliphatic hydroxyl groups is 1. The van der Waals surface area contributed by atoms with Crippen LogP contribution < -0.4 is 15.4 Å². The van der Waals surface area contributed by atoms with Crippen molar-refractivity contribution in [2.24, 2.45) is 5.92 Å². The number of aliphatic hydroxyl groups excluding tert-OH is 1. The summed E-state index contributed by atoms with van der Waals surface area (Å²) in [5.41, 5.74) is 1.65. The summed E-state index contributed by atoms with van der Waals surface area (Å²) in [6, 6.07) is 5.42. The number of nitrogens with one attached hydrogen (secondary N) is 2. The predicted octanol–water partition coefficient (Wildman–Crippen LogP) is 2.20. The lowest BCUT2D eigenvalue weighted by Crippen LogP contribution is -2.50. The third-order valence-electron chi connectivity index (χ3n) is 7.90. The standard InChI is InChI=1S/C27H39N3O5/c1-16(2)18-5-7-21-24(11-18)34-10-9-20-6-8-23(31)25(35-20)13-28-27(33)22-12-19(29-26(21)32)15-30(22)14-17-3-4-17/h5,7,11,16-17,19-20,22-23,25,31H,3-4,6,8-10,12-15H2,1-2H3,(H,28,33)(H,29,32)/t19-,20-,22-,23-,25+/m0/s1. The first-order valence-corrected chi connectivity index (χ1v) is 13.3. The Bertz CT molecular complexity index is 933. The van der Waals surface area contributed by atoms with Gasteiger partial charge in [0, 0.05) is 32.1 Å². The van der Waals surface area contributed by atoms with E-state index in [-0.39, 0.29) is 30.0 Å². The van der Waals surface area contributed by atoms with Crippen LogP contribution in [0.4, 0.5) is 0 Å². The van der Waals surface area contributed by atoms with Gasteiger partial charge in [-0.05, 0) is 61.6 Å². The minimum absolute atomic E-state index is 0.0438. The smallest absolute Gasteiger partial charge is 0.255 e. The van der Waals surface area contributed by atoms with Crippen LogP contribution in [-0.2, 0) is 9.53 Å². The molecule has 0 aromatic heterocycles. The van der Waals surface area contributed by atoms with E-state index in [1.165, 1.54) is 12.8 Å². The molecule has 8 nitrogen and oxygen atoms in total. The van der Waals surface area contributed by atoms with Crippen LogP contribution in [0.1, 0.15) is 74.2 Å². The Kier molecular flexibility index (Phi) is 7.32. The Balaban J connectivity index is 1.40. The van der Waals surface area contributed by atoms with E-state index >= 15 is 0 Å². The van der Waals surface area contributed by atoms with Crippen LogP contribution in [-0.4, -0.2) is 78.5 Å². The topological polar surface area (TPSA) is 100 Å². The molecule has 2 saturated heterocycles. The number of carbonyl (C=O) groups excluding carboxylic acids is 2. The molecule has 3 N–H and O–H groups in total. The van der Waals surface area contributed by atoms with Crippen LogP contribution in [0.2, 0.25) is 0 Å². The van der Waals surface area contributed by atoms with E-state index < -0.39 is 12.2 Å². The fraction of sp³-hybridized carbons (Fsp3) is 0.704. The Hall–Kier alpha value is -2.16. The Morgan fingerprint density at radius 3 is 2.74 bits per heavy atom. The molecular weight excluding hydrogens is 446 g/mol. The van der Waals surface area contributed by atoms with Crippen LogP contribution in [0.5, 0.6) is 5.75 Å². The zero-order chi connectivity index (χ0) is 24.5. The van der Waals surface area contributed by atoms with Crippen LogP contribution in [0, 0.1) is 5.92 Å². The maximum Gasteiger partial charge on any atom is 0.255 e. The van der Waals surface area contributed by atoms with Gasteiger partial charge in [0.2, 0.25) is 5.91 Å². The highest BCUT2D eigenvalue weighted by Crippen LogP contribution is 2.33. The largest absolute Gasteiger partial charge is 0.493 e. The third kappa shape index (κ3) is 5.81. The molecular formula is C27H39N3O5. The van der Waals surface area contributed by atoms with Crippen molar-refractivity contribution in [3.63, 3.8) is 0 Å². The van der Waals surface area contributed by atoms with Crippen molar-refractivity contribution in [2.45, 2.75) is 88.7 Å². The molecule has 1 aliphatic carbocycles. The number of nitrogens with zero attached hydrogens (tertiary/aromatic N) is 1. The number of benzene rings is 1. The summed E-state index contributed by atoms with van der Waals surface area (Å²) < 4.78 is 12.3. The first-order valence-electron chi connectivity index (χ1n) is 13.3. The molecule has 0 radical (unpaired) electrons. The molecule has 5 rings (SSSR count). The highest BCUT2D eigenvalue weighted by Gasteiger charge is 2.41. The summed E-state index contributed by atoms with van der Waals surface area (Å²) >= 11 is 0. The molecule has 0 spiro atoms. The first kappa shape index (κ1) is 24.5. The average molecular weight is 486 g/mol. The van der Waals surface area contributed by atoms with Crippen molar-refractivity contribution >= 4 is 11.8 Å². The number of carbonyl (C=O) groups is 2. The SMILES string of the molecule is CC(C)c1ccc2c(c1)OCC[C@@H]1CC[C@H](O)[C@@H](CNC(=O)[C@@H]3C[C@@H](CN3CC3CC3)NC2=O)O1. The van der Waals surface area contributed by atoms with E-state index in [0.29, 0.717) is 62.1 Å². The number of amides is 2. The summed E-state index contributed by atoms with van der Waals surface area (Å²) in [5.74, 6) is 1.35. The van der Waals surface area contributed by atoms with Crippen LogP contribution >= 0.6 is 0 Å². The lowest BCUT2D eigenvalue weighted by molar-refractivity contribution is -0.133. The molecule has 2 amide bonds. The summed E-state index contributed by atoms with van der Waals surface area (Å²) in [5, 5.41) is 16.7. The van der Waals surface area contributed by atoms with Crippen molar-refractivity contribution in [1.29, 1.82) is 0 Å². The molecule has 3 aliphatic heterocycles. The van der Waals surface area contributed by atoms with E-state index in [2.05, 4.69) is 29.4 Å². The molecule has 8 heteroatoms. The van der Waals surface area contributed by atoms with Gasteiger partial charge in [-0.3, -0.25) is 14.5 Å². The predicted molar refractivity (Wildman–Crippen MR) is 132 cm³/mol.